The summed E-state index contributed by atoms with van der Waals surface area (Å²) in [7, 11) is 0. The molecule has 0 bridgehead atoms. The first-order chi connectivity index (χ1) is 19.5. The van der Waals surface area contributed by atoms with Crippen LogP contribution in [0, 0.1) is 5.92 Å². The Balaban J connectivity index is 3.65. The van der Waals surface area contributed by atoms with Crippen LogP contribution in [0.5, 0.6) is 0 Å². The fourth-order valence-electron chi connectivity index (χ4n) is 5.10. The number of carbonyl (C=O) groups is 3. The molecule has 0 aromatic rings. The highest BCUT2D eigenvalue weighted by Gasteiger charge is 2.16. The van der Waals surface area contributed by atoms with Gasteiger partial charge in [0.1, 0.15) is 12.4 Å². The second kappa shape index (κ2) is 30.7. The summed E-state index contributed by atoms with van der Waals surface area (Å²) in [5.41, 5.74) is 0. The van der Waals surface area contributed by atoms with Crippen molar-refractivity contribution < 1.29 is 23.9 Å². The van der Waals surface area contributed by atoms with E-state index in [4.69, 9.17) is 9.47 Å². The lowest BCUT2D eigenvalue weighted by Gasteiger charge is -2.14. The maximum Gasteiger partial charge on any atom is 0.305 e. The molecule has 0 aliphatic carbocycles. The second-order valence-electron chi connectivity index (χ2n) is 11.9. The van der Waals surface area contributed by atoms with Crippen molar-refractivity contribution in [2.75, 3.05) is 19.8 Å². The highest BCUT2D eigenvalue weighted by Crippen LogP contribution is 2.14. The minimum atomic E-state index is -0.329. The van der Waals surface area contributed by atoms with Crippen molar-refractivity contribution in [2.24, 2.45) is 5.92 Å². The SMILES string of the molecule is CCCCCCCCCCCCCC(=O)COCC(CCOC(=O)CCCCCCCCCCCCC)C(C)=O. The van der Waals surface area contributed by atoms with E-state index in [1.54, 1.807) is 0 Å². The van der Waals surface area contributed by atoms with Gasteiger partial charge in [0.15, 0.2) is 5.78 Å². The second-order valence-corrected chi connectivity index (χ2v) is 11.9. The van der Waals surface area contributed by atoms with E-state index >= 15 is 0 Å². The molecule has 0 N–H and O–H groups in total. The summed E-state index contributed by atoms with van der Waals surface area (Å²) in [6, 6.07) is 0. The normalized spacial score (nSPS) is 12.0. The Bertz CT molecular complexity index is 544. The number of hydrogen-bond acceptors (Lipinski definition) is 5. The average molecular weight is 567 g/mol. The monoisotopic (exact) mass is 566 g/mol. The van der Waals surface area contributed by atoms with Gasteiger partial charge < -0.3 is 9.47 Å². The molecule has 1 unspecified atom stereocenters. The molecule has 0 radical (unpaired) electrons. The number of hydrogen-bond donors (Lipinski definition) is 0. The molecule has 236 valence electrons. The largest absolute Gasteiger partial charge is 0.466 e. The number of Topliss-reactive ketones (excluding diaryl/α,β-unsaturated/α-hetero) is 2. The van der Waals surface area contributed by atoms with Crippen LogP contribution in [0.3, 0.4) is 0 Å². The predicted molar refractivity (Wildman–Crippen MR) is 168 cm³/mol. The van der Waals surface area contributed by atoms with Crippen molar-refractivity contribution >= 4 is 17.5 Å². The van der Waals surface area contributed by atoms with Crippen LogP contribution in [0.2, 0.25) is 0 Å². The van der Waals surface area contributed by atoms with Gasteiger partial charge in [0.2, 0.25) is 0 Å². The molecule has 5 heteroatoms. The molecule has 5 nitrogen and oxygen atoms in total. The Morgan fingerprint density at radius 2 is 0.950 bits per heavy atom. The maximum absolute atomic E-state index is 12.1. The molecule has 0 aliphatic rings. The molecule has 0 heterocycles. The molecule has 0 aliphatic heterocycles. The van der Waals surface area contributed by atoms with Crippen molar-refractivity contribution in [2.45, 2.75) is 181 Å². The van der Waals surface area contributed by atoms with Gasteiger partial charge >= 0.3 is 5.97 Å². The van der Waals surface area contributed by atoms with Gasteiger partial charge in [-0.05, 0) is 26.2 Å². The zero-order valence-electron chi connectivity index (χ0n) is 26.9. The third-order valence-electron chi connectivity index (χ3n) is 7.93. The van der Waals surface area contributed by atoms with E-state index in [0.717, 1.165) is 25.7 Å². The summed E-state index contributed by atoms with van der Waals surface area (Å²) < 4.78 is 10.9. The van der Waals surface area contributed by atoms with E-state index < -0.39 is 0 Å². The third-order valence-corrected chi connectivity index (χ3v) is 7.93. The maximum atomic E-state index is 12.1. The highest BCUT2D eigenvalue weighted by atomic mass is 16.5. The van der Waals surface area contributed by atoms with E-state index in [9.17, 15) is 14.4 Å². The van der Waals surface area contributed by atoms with Gasteiger partial charge in [-0.15, -0.1) is 0 Å². The molecule has 0 aromatic heterocycles. The van der Waals surface area contributed by atoms with Crippen LogP contribution in [0.15, 0.2) is 0 Å². The summed E-state index contributed by atoms with van der Waals surface area (Å²) in [6.07, 6.45) is 29.1. The molecule has 0 spiro atoms. The van der Waals surface area contributed by atoms with E-state index in [0.29, 0.717) is 19.3 Å². The molecular weight excluding hydrogens is 500 g/mol. The molecule has 0 amide bonds. The first-order valence-corrected chi connectivity index (χ1v) is 17.3. The summed E-state index contributed by atoms with van der Waals surface area (Å²) in [5, 5.41) is 0. The first-order valence-electron chi connectivity index (χ1n) is 17.3. The van der Waals surface area contributed by atoms with Gasteiger partial charge in [-0.3, -0.25) is 14.4 Å². The number of ketones is 2. The van der Waals surface area contributed by atoms with Crippen molar-refractivity contribution in [3.8, 4) is 0 Å². The lowest BCUT2D eigenvalue weighted by molar-refractivity contribution is -0.145. The van der Waals surface area contributed by atoms with Crippen LogP contribution >= 0.6 is 0 Å². The first kappa shape index (κ1) is 38.8. The van der Waals surface area contributed by atoms with Gasteiger partial charge in [0.25, 0.3) is 0 Å². The highest BCUT2D eigenvalue weighted by molar-refractivity contribution is 5.80. The van der Waals surface area contributed by atoms with E-state index in [-0.39, 0.29) is 43.3 Å². The van der Waals surface area contributed by atoms with Crippen molar-refractivity contribution in [1.82, 2.24) is 0 Å². The average Bonchev–Trinajstić information content (AvgIpc) is 2.93. The van der Waals surface area contributed by atoms with Gasteiger partial charge in [-0.2, -0.15) is 0 Å². The van der Waals surface area contributed by atoms with Gasteiger partial charge in [-0.1, -0.05) is 142 Å². The minimum absolute atomic E-state index is 0.0132. The van der Waals surface area contributed by atoms with Gasteiger partial charge in [0, 0.05) is 18.8 Å². The third kappa shape index (κ3) is 28.3. The van der Waals surface area contributed by atoms with Crippen molar-refractivity contribution in [3.05, 3.63) is 0 Å². The Morgan fingerprint density at radius 3 is 1.38 bits per heavy atom. The lowest BCUT2D eigenvalue weighted by atomic mass is 10.0. The Kier molecular flexibility index (Phi) is 29.8. The number of ether oxygens (including phenoxy) is 2. The number of unbranched alkanes of at least 4 members (excludes halogenated alkanes) is 20. The fourth-order valence-corrected chi connectivity index (χ4v) is 5.10. The molecular formula is C35H66O5. The number of rotatable bonds is 32. The van der Waals surface area contributed by atoms with E-state index in [2.05, 4.69) is 13.8 Å². The molecule has 40 heavy (non-hydrogen) atoms. The zero-order chi connectivity index (χ0) is 29.5. The van der Waals surface area contributed by atoms with Crippen LogP contribution in [-0.4, -0.2) is 37.4 Å². The summed E-state index contributed by atoms with van der Waals surface area (Å²) >= 11 is 0. The lowest BCUT2D eigenvalue weighted by Crippen LogP contribution is -2.22. The summed E-state index contributed by atoms with van der Waals surface area (Å²) in [5.74, 6) is -0.387. The van der Waals surface area contributed by atoms with Crippen LogP contribution < -0.4 is 0 Å². The predicted octanol–water partition coefficient (Wildman–Crippen LogP) is 10.1. The standard InChI is InChI=1S/C35H66O5/c1-4-6-8-10-12-14-16-18-20-22-24-26-34(37)31-39-30-33(32(3)36)28-29-40-35(38)27-25-23-21-19-17-15-13-11-9-7-5-2/h33H,4-31H2,1-3H3. The zero-order valence-corrected chi connectivity index (χ0v) is 26.9. The molecule has 0 rings (SSSR count). The molecule has 0 saturated carbocycles. The van der Waals surface area contributed by atoms with Gasteiger partial charge in [0.05, 0.1) is 13.2 Å². The Labute approximate surface area is 248 Å². The van der Waals surface area contributed by atoms with Crippen LogP contribution in [-0.2, 0) is 23.9 Å². The molecule has 0 saturated heterocycles. The minimum Gasteiger partial charge on any atom is -0.466 e. The Hall–Kier alpha value is -1.23. The van der Waals surface area contributed by atoms with Crippen molar-refractivity contribution in [1.29, 1.82) is 0 Å². The smallest absolute Gasteiger partial charge is 0.305 e. The van der Waals surface area contributed by atoms with Crippen LogP contribution in [0.1, 0.15) is 181 Å². The quantitative estimate of drug-likeness (QED) is 0.0598. The van der Waals surface area contributed by atoms with E-state index in [1.165, 1.54) is 122 Å². The van der Waals surface area contributed by atoms with E-state index in [1.807, 2.05) is 0 Å². The molecule has 0 aromatic carbocycles. The number of esters is 1. The number of carbonyl (C=O) groups excluding carboxylic acids is 3. The van der Waals surface area contributed by atoms with Gasteiger partial charge in [-0.25, -0.2) is 0 Å². The van der Waals surface area contributed by atoms with Crippen LogP contribution in [0.4, 0.5) is 0 Å². The molecule has 1 atom stereocenters. The summed E-state index contributed by atoms with van der Waals surface area (Å²) in [4.78, 5) is 36.1. The van der Waals surface area contributed by atoms with Crippen LogP contribution in [0.25, 0.3) is 0 Å². The van der Waals surface area contributed by atoms with Crippen molar-refractivity contribution in [3.63, 3.8) is 0 Å². The fraction of sp³-hybridized carbons (Fsp3) is 0.914. The molecule has 0 fully saturated rings. The topological polar surface area (TPSA) is 69.7 Å². The Morgan fingerprint density at radius 1 is 0.550 bits per heavy atom. The summed E-state index contributed by atoms with van der Waals surface area (Å²) in [6.45, 7) is 6.56.